The molecule has 146 valence electrons. The minimum Gasteiger partial charge on any atom is -0.305 e. The highest BCUT2D eigenvalue weighted by atomic mass is 16.6. The van der Waals surface area contributed by atoms with Crippen molar-refractivity contribution in [3.05, 3.63) is 50.1 Å². The maximum absolute atomic E-state index is 11.7. The Balaban J connectivity index is 2.41. The van der Waals surface area contributed by atoms with Gasteiger partial charge in [0.1, 0.15) is 5.92 Å². The van der Waals surface area contributed by atoms with Crippen molar-refractivity contribution in [1.29, 1.82) is 21.2 Å². The van der Waals surface area contributed by atoms with Crippen LogP contribution >= 0.6 is 0 Å². The van der Waals surface area contributed by atoms with Crippen molar-refractivity contribution in [2.45, 2.75) is 46.0 Å². The molecule has 1 fully saturated rings. The third kappa shape index (κ3) is 2.72. The van der Waals surface area contributed by atoms with Crippen molar-refractivity contribution in [1.82, 2.24) is 0 Å². The van der Waals surface area contributed by atoms with Crippen molar-refractivity contribution < 1.29 is 4.92 Å². The first-order valence-corrected chi connectivity index (χ1v) is 9.51. The summed E-state index contributed by atoms with van der Waals surface area (Å²) < 4.78 is 0. The number of nitro benzene ring substituents is 1. The Labute approximate surface area is 169 Å². The second-order valence-electron chi connectivity index (χ2n) is 7.88. The summed E-state index contributed by atoms with van der Waals surface area (Å²) in [5.74, 6) is -1.90. The van der Waals surface area contributed by atoms with E-state index >= 15 is 0 Å². The molecule has 0 saturated heterocycles. The fourth-order valence-corrected chi connectivity index (χ4v) is 5.27. The van der Waals surface area contributed by atoms with E-state index < -0.39 is 22.2 Å². The number of fused-ring (bicyclic) bond motifs is 1. The lowest BCUT2D eigenvalue weighted by atomic mass is 9.52. The number of rotatable bonds is 2. The fraction of sp³-hybridized carbons (Fsp3) is 0.455. The number of nitriles is 3. The minimum atomic E-state index is -1.83. The lowest BCUT2D eigenvalue weighted by molar-refractivity contribution is -0.386. The Hall–Kier alpha value is -3.50. The van der Waals surface area contributed by atoms with E-state index in [4.69, 9.17) is 5.41 Å². The molecule has 0 bridgehead atoms. The third-order valence-corrected chi connectivity index (χ3v) is 6.41. The van der Waals surface area contributed by atoms with E-state index in [1.807, 2.05) is 25.1 Å². The summed E-state index contributed by atoms with van der Waals surface area (Å²) in [6.45, 7) is 5.15. The van der Waals surface area contributed by atoms with Gasteiger partial charge in [-0.1, -0.05) is 6.08 Å². The lowest BCUT2D eigenvalue weighted by Gasteiger charge is -2.46. The van der Waals surface area contributed by atoms with Crippen molar-refractivity contribution in [3.8, 4) is 18.2 Å². The normalized spacial score (nSPS) is 25.0. The smallest absolute Gasteiger partial charge is 0.275 e. The molecule has 2 aliphatic rings. The molecular formula is C22H21N5O2. The van der Waals surface area contributed by atoms with E-state index in [9.17, 15) is 25.9 Å². The summed E-state index contributed by atoms with van der Waals surface area (Å²) in [7, 11) is 0. The van der Waals surface area contributed by atoms with Crippen LogP contribution in [0.25, 0.3) is 0 Å². The first-order chi connectivity index (χ1) is 13.7. The average Bonchev–Trinajstić information content (AvgIpc) is 2.68. The second-order valence-corrected chi connectivity index (χ2v) is 7.88. The van der Waals surface area contributed by atoms with E-state index in [2.05, 4.69) is 6.07 Å². The van der Waals surface area contributed by atoms with Crippen LogP contribution in [0.1, 0.15) is 47.4 Å². The van der Waals surface area contributed by atoms with Crippen LogP contribution < -0.4 is 0 Å². The van der Waals surface area contributed by atoms with Crippen LogP contribution in [0, 0.1) is 87.5 Å². The molecule has 3 rings (SSSR count). The SMILES string of the molecule is Cc1cc(C)c([N+](=O)[O-])c(C)c1[C@H]1[C@H]2CCCC=C2[C@@H](C#N)C(=N)C1(C#N)C#N. The van der Waals surface area contributed by atoms with Gasteiger partial charge in [-0.2, -0.15) is 15.8 Å². The molecule has 0 aliphatic heterocycles. The molecule has 1 aromatic rings. The Bertz CT molecular complexity index is 1070. The van der Waals surface area contributed by atoms with E-state index in [1.54, 1.807) is 19.9 Å². The second kappa shape index (κ2) is 7.15. The van der Waals surface area contributed by atoms with Gasteiger partial charge in [0.2, 0.25) is 0 Å². The molecule has 3 atom stereocenters. The van der Waals surface area contributed by atoms with Gasteiger partial charge in [-0.25, -0.2) is 0 Å². The predicted octanol–water partition coefficient (Wildman–Crippen LogP) is 4.54. The molecule has 0 spiro atoms. The zero-order valence-corrected chi connectivity index (χ0v) is 16.6. The first kappa shape index (κ1) is 20.2. The third-order valence-electron chi connectivity index (χ3n) is 6.41. The highest BCUT2D eigenvalue weighted by Crippen LogP contribution is 2.56. The zero-order valence-electron chi connectivity index (χ0n) is 16.6. The number of aryl methyl sites for hydroxylation is 2. The number of allylic oxidation sites excluding steroid dienone is 2. The highest BCUT2D eigenvalue weighted by Gasteiger charge is 2.58. The summed E-state index contributed by atoms with van der Waals surface area (Å²) >= 11 is 0. The summed E-state index contributed by atoms with van der Waals surface area (Å²) in [4.78, 5) is 11.3. The van der Waals surface area contributed by atoms with E-state index in [-0.39, 0.29) is 17.3 Å². The maximum atomic E-state index is 11.7. The number of hydrogen-bond acceptors (Lipinski definition) is 6. The highest BCUT2D eigenvalue weighted by molar-refractivity contribution is 6.01. The number of nitro groups is 1. The van der Waals surface area contributed by atoms with Crippen molar-refractivity contribution in [2.24, 2.45) is 17.3 Å². The van der Waals surface area contributed by atoms with Gasteiger partial charge in [0.25, 0.3) is 5.69 Å². The van der Waals surface area contributed by atoms with E-state index in [0.29, 0.717) is 23.1 Å². The van der Waals surface area contributed by atoms with Crippen LogP contribution in [0.5, 0.6) is 0 Å². The van der Waals surface area contributed by atoms with Crippen molar-refractivity contribution in [3.63, 3.8) is 0 Å². The molecule has 0 amide bonds. The van der Waals surface area contributed by atoms with Crippen LogP contribution in [0.15, 0.2) is 17.7 Å². The van der Waals surface area contributed by atoms with Gasteiger partial charge in [-0.3, -0.25) is 10.1 Å². The average molecular weight is 387 g/mol. The molecule has 0 unspecified atom stereocenters. The minimum absolute atomic E-state index is 0.0225. The molecule has 0 heterocycles. The van der Waals surface area contributed by atoms with Gasteiger partial charge < -0.3 is 5.41 Å². The molecule has 7 heteroatoms. The first-order valence-electron chi connectivity index (χ1n) is 9.51. The van der Waals surface area contributed by atoms with E-state index in [1.165, 1.54) is 0 Å². The molecule has 2 aliphatic carbocycles. The molecular weight excluding hydrogens is 366 g/mol. The molecule has 0 aromatic heterocycles. The van der Waals surface area contributed by atoms with Gasteiger partial charge in [0.15, 0.2) is 5.41 Å². The van der Waals surface area contributed by atoms with Crippen LogP contribution in [0.4, 0.5) is 5.69 Å². The lowest BCUT2D eigenvalue weighted by Crippen LogP contribution is -2.49. The largest absolute Gasteiger partial charge is 0.305 e. The van der Waals surface area contributed by atoms with Gasteiger partial charge in [-0.15, -0.1) is 0 Å². The van der Waals surface area contributed by atoms with Gasteiger partial charge in [0, 0.05) is 17.0 Å². The Morgan fingerprint density at radius 3 is 2.41 bits per heavy atom. The Morgan fingerprint density at radius 2 is 1.86 bits per heavy atom. The number of benzene rings is 1. The summed E-state index contributed by atoms with van der Waals surface area (Å²) in [6, 6.07) is 7.92. The maximum Gasteiger partial charge on any atom is 0.275 e. The molecule has 1 saturated carbocycles. The monoisotopic (exact) mass is 387 g/mol. The van der Waals surface area contributed by atoms with Crippen molar-refractivity contribution >= 4 is 11.4 Å². The van der Waals surface area contributed by atoms with Gasteiger partial charge in [0.05, 0.1) is 28.8 Å². The fourth-order valence-electron chi connectivity index (χ4n) is 5.27. The molecule has 0 radical (unpaired) electrons. The van der Waals surface area contributed by atoms with Crippen LogP contribution in [-0.4, -0.2) is 10.6 Å². The standard InChI is InChI=1S/C22H21N5O2/c1-12-8-13(2)20(27(28)29)14(3)18(12)19-16-7-5-4-6-15(16)17(9-23)21(26)22(19,10-24)11-25/h6,8,16-17,19,26H,4-5,7H2,1-3H3/t16-,17+,19+/m0/s1. The summed E-state index contributed by atoms with van der Waals surface area (Å²) in [5.41, 5.74) is 0.999. The predicted molar refractivity (Wildman–Crippen MR) is 106 cm³/mol. The quantitative estimate of drug-likeness (QED) is 0.451. The molecule has 29 heavy (non-hydrogen) atoms. The Morgan fingerprint density at radius 1 is 1.21 bits per heavy atom. The van der Waals surface area contributed by atoms with E-state index in [0.717, 1.165) is 24.0 Å². The summed E-state index contributed by atoms with van der Waals surface area (Å²) in [5, 5.41) is 50.2. The van der Waals surface area contributed by atoms with Gasteiger partial charge >= 0.3 is 0 Å². The van der Waals surface area contributed by atoms with Gasteiger partial charge in [-0.05, 0) is 68.7 Å². The van der Waals surface area contributed by atoms with Crippen molar-refractivity contribution in [2.75, 3.05) is 0 Å². The van der Waals surface area contributed by atoms with Crippen LogP contribution in [0.3, 0.4) is 0 Å². The molecule has 1 aromatic carbocycles. The number of nitrogens with one attached hydrogen (secondary N) is 1. The Kier molecular flexibility index (Phi) is 4.99. The molecule has 1 N–H and O–H groups in total. The molecule has 7 nitrogen and oxygen atoms in total. The van der Waals surface area contributed by atoms with Crippen LogP contribution in [-0.2, 0) is 0 Å². The zero-order chi connectivity index (χ0) is 21.5. The summed E-state index contributed by atoms with van der Waals surface area (Å²) in [6.07, 6.45) is 4.25. The van der Waals surface area contributed by atoms with Crippen LogP contribution in [0.2, 0.25) is 0 Å². The number of hydrogen-bond donors (Lipinski definition) is 1. The number of nitrogens with zero attached hydrogens (tertiary/aromatic N) is 4. The topological polar surface area (TPSA) is 138 Å².